The average molecular weight is 292 g/mol. The summed E-state index contributed by atoms with van der Waals surface area (Å²) >= 11 is 0. The van der Waals surface area contributed by atoms with Crippen molar-refractivity contribution in [3.63, 3.8) is 0 Å². The lowest BCUT2D eigenvalue weighted by atomic mass is 10.2. The van der Waals surface area contributed by atoms with Crippen molar-refractivity contribution >= 4 is 17.6 Å². The molecule has 0 saturated heterocycles. The molecule has 1 aliphatic rings. The van der Waals surface area contributed by atoms with Crippen molar-refractivity contribution in [2.75, 3.05) is 19.5 Å². The second kappa shape index (κ2) is 6.97. The Morgan fingerprint density at radius 3 is 2.71 bits per heavy atom. The Balaban J connectivity index is 1.89. The summed E-state index contributed by atoms with van der Waals surface area (Å²) in [7, 11) is 1.43. The van der Waals surface area contributed by atoms with E-state index in [9.17, 15) is 9.59 Å². The molecule has 0 bridgehead atoms. The van der Waals surface area contributed by atoms with Crippen LogP contribution in [-0.2, 0) is 9.53 Å². The second-order valence-corrected chi connectivity index (χ2v) is 5.05. The molecule has 0 unspecified atom stereocenters. The highest BCUT2D eigenvalue weighted by Crippen LogP contribution is 2.26. The molecular weight excluding hydrogens is 272 g/mol. The molecule has 0 radical (unpaired) electrons. The number of nitrogens with one attached hydrogen (secondary N) is 1. The van der Waals surface area contributed by atoms with Crippen LogP contribution in [0.4, 0.5) is 5.69 Å². The quantitative estimate of drug-likeness (QED) is 0.634. The highest BCUT2D eigenvalue weighted by Gasteiger charge is 2.20. The smallest absolute Gasteiger partial charge is 0.342 e. The van der Waals surface area contributed by atoms with Crippen molar-refractivity contribution in [2.45, 2.75) is 31.7 Å². The zero-order valence-corrected chi connectivity index (χ0v) is 12.1. The molecule has 1 fully saturated rings. The Morgan fingerprint density at radius 2 is 2.05 bits per heavy atom. The Morgan fingerprint density at radius 1 is 1.33 bits per heavy atom. The highest BCUT2D eigenvalue weighted by molar-refractivity contribution is 5.95. The lowest BCUT2D eigenvalue weighted by molar-refractivity contribution is -0.124. The number of rotatable bonds is 5. The van der Waals surface area contributed by atoms with Crippen LogP contribution in [0.2, 0.25) is 0 Å². The van der Waals surface area contributed by atoms with Crippen LogP contribution >= 0.6 is 0 Å². The Hall–Kier alpha value is -2.24. The molecule has 1 aliphatic carbocycles. The van der Waals surface area contributed by atoms with E-state index in [4.69, 9.17) is 15.2 Å². The van der Waals surface area contributed by atoms with Gasteiger partial charge in [0, 0.05) is 6.04 Å². The molecule has 114 valence electrons. The molecule has 0 spiro atoms. The van der Waals surface area contributed by atoms with Gasteiger partial charge in [0.1, 0.15) is 5.56 Å². The molecule has 1 saturated carbocycles. The summed E-state index contributed by atoms with van der Waals surface area (Å²) in [5, 5.41) is 2.85. The van der Waals surface area contributed by atoms with Crippen LogP contribution in [0, 0.1) is 0 Å². The predicted molar refractivity (Wildman–Crippen MR) is 78.1 cm³/mol. The van der Waals surface area contributed by atoms with E-state index in [-0.39, 0.29) is 29.9 Å². The van der Waals surface area contributed by atoms with Gasteiger partial charge in [0.05, 0.1) is 12.8 Å². The van der Waals surface area contributed by atoms with Gasteiger partial charge < -0.3 is 20.5 Å². The van der Waals surface area contributed by atoms with Gasteiger partial charge in [0.25, 0.3) is 5.91 Å². The number of amides is 1. The number of benzene rings is 1. The molecule has 0 heterocycles. The van der Waals surface area contributed by atoms with Crippen LogP contribution < -0.4 is 15.8 Å². The number of hydrogen-bond acceptors (Lipinski definition) is 5. The zero-order chi connectivity index (χ0) is 15.2. The number of ether oxygens (including phenoxy) is 2. The second-order valence-electron chi connectivity index (χ2n) is 5.05. The van der Waals surface area contributed by atoms with E-state index in [1.54, 1.807) is 18.2 Å². The van der Waals surface area contributed by atoms with E-state index in [0.717, 1.165) is 25.7 Å². The van der Waals surface area contributed by atoms with Gasteiger partial charge in [-0.1, -0.05) is 18.9 Å². The summed E-state index contributed by atoms with van der Waals surface area (Å²) < 4.78 is 10.1. The molecule has 3 N–H and O–H groups in total. The van der Waals surface area contributed by atoms with Crippen LogP contribution in [0.5, 0.6) is 5.75 Å². The minimum atomic E-state index is -0.624. The van der Waals surface area contributed by atoms with Gasteiger partial charge in [-0.2, -0.15) is 0 Å². The van der Waals surface area contributed by atoms with E-state index in [0.29, 0.717) is 5.69 Å². The predicted octanol–water partition coefficient (Wildman–Crippen LogP) is 1.49. The van der Waals surface area contributed by atoms with Crippen LogP contribution in [0.3, 0.4) is 0 Å². The molecule has 1 aromatic rings. The standard InChI is InChI=1S/C15H20N2O4/c1-20-14-11(7-4-8-12(14)16)15(19)21-9-13(18)17-10-5-2-3-6-10/h4,7-8,10H,2-3,5-6,9,16H2,1H3,(H,17,18). The van der Waals surface area contributed by atoms with E-state index in [1.165, 1.54) is 7.11 Å². The fourth-order valence-electron chi connectivity index (χ4n) is 2.49. The van der Waals surface area contributed by atoms with Crippen LogP contribution in [0.1, 0.15) is 36.0 Å². The fraction of sp³-hybridized carbons (Fsp3) is 0.467. The lowest BCUT2D eigenvalue weighted by Gasteiger charge is -2.13. The van der Waals surface area contributed by atoms with Crippen LogP contribution in [0.15, 0.2) is 18.2 Å². The number of methoxy groups -OCH3 is 1. The third-order valence-corrected chi connectivity index (χ3v) is 3.52. The Labute approximate surface area is 123 Å². The molecule has 0 atom stereocenters. The number of nitrogens with two attached hydrogens (primary N) is 1. The first-order valence-electron chi connectivity index (χ1n) is 7.00. The molecular formula is C15H20N2O4. The van der Waals surface area contributed by atoms with Crippen molar-refractivity contribution in [3.8, 4) is 5.75 Å². The fourth-order valence-corrected chi connectivity index (χ4v) is 2.49. The number of anilines is 1. The molecule has 2 rings (SSSR count). The summed E-state index contributed by atoms with van der Waals surface area (Å²) in [6, 6.07) is 5.01. The number of carbonyl (C=O) groups is 2. The van der Waals surface area contributed by atoms with Gasteiger partial charge in [-0.05, 0) is 25.0 Å². The first-order chi connectivity index (χ1) is 10.1. The Bertz CT molecular complexity index is 524. The van der Waals surface area contributed by atoms with E-state index < -0.39 is 5.97 Å². The normalized spacial score (nSPS) is 14.7. The summed E-state index contributed by atoms with van der Waals surface area (Å²) in [4.78, 5) is 23.7. The molecule has 1 amide bonds. The summed E-state index contributed by atoms with van der Waals surface area (Å²) in [6.07, 6.45) is 4.24. The molecule has 6 nitrogen and oxygen atoms in total. The first kappa shape index (κ1) is 15.2. The zero-order valence-electron chi connectivity index (χ0n) is 12.1. The number of para-hydroxylation sites is 1. The molecule has 6 heteroatoms. The van der Waals surface area contributed by atoms with Gasteiger partial charge in [-0.25, -0.2) is 4.79 Å². The lowest BCUT2D eigenvalue weighted by Crippen LogP contribution is -2.35. The minimum Gasteiger partial charge on any atom is -0.494 e. The number of esters is 1. The molecule has 0 aromatic heterocycles. The maximum absolute atomic E-state index is 12.0. The topological polar surface area (TPSA) is 90.7 Å². The average Bonchev–Trinajstić information content (AvgIpc) is 2.97. The van der Waals surface area contributed by atoms with E-state index in [2.05, 4.69) is 5.32 Å². The number of nitrogen functional groups attached to an aromatic ring is 1. The van der Waals surface area contributed by atoms with Crippen molar-refractivity contribution in [1.29, 1.82) is 0 Å². The third-order valence-electron chi connectivity index (χ3n) is 3.52. The summed E-state index contributed by atoms with van der Waals surface area (Å²) in [6.45, 7) is -0.298. The SMILES string of the molecule is COc1c(N)cccc1C(=O)OCC(=O)NC1CCCC1. The maximum Gasteiger partial charge on any atom is 0.342 e. The van der Waals surface area contributed by atoms with Crippen LogP contribution in [-0.4, -0.2) is 31.6 Å². The number of carbonyl (C=O) groups excluding carboxylic acids is 2. The van der Waals surface area contributed by atoms with E-state index in [1.807, 2.05) is 0 Å². The van der Waals surface area contributed by atoms with Gasteiger partial charge in [0.2, 0.25) is 0 Å². The maximum atomic E-state index is 12.0. The van der Waals surface area contributed by atoms with Crippen molar-refractivity contribution in [1.82, 2.24) is 5.32 Å². The van der Waals surface area contributed by atoms with Crippen molar-refractivity contribution in [2.24, 2.45) is 0 Å². The molecule has 0 aliphatic heterocycles. The van der Waals surface area contributed by atoms with Crippen molar-refractivity contribution in [3.05, 3.63) is 23.8 Å². The van der Waals surface area contributed by atoms with Gasteiger partial charge in [-0.3, -0.25) is 4.79 Å². The minimum absolute atomic E-state index is 0.207. The van der Waals surface area contributed by atoms with Gasteiger partial charge in [-0.15, -0.1) is 0 Å². The van der Waals surface area contributed by atoms with Crippen molar-refractivity contribution < 1.29 is 19.1 Å². The molecule has 21 heavy (non-hydrogen) atoms. The first-order valence-corrected chi connectivity index (χ1v) is 7.00. The third kappa shape index (κ3) is 3.87. The molecule has 1 aromatic carbocycles. The highest BCUT2D eigenvalue weighted by atomic mass is 16.5. The summed E-state index contributed by atoms with van der Waals surface area (Å²) in [5.74, 6) is -0.641. The van der Waals surface area contributed by atoms with Crippen LogP contribution in [0.25, 0.3) is 0 Å². The largest absolute Gasteiger partial charge is 0.494 e. The number of hydrogen-bond donors (Lipinski definition) is 2. The monoisotopic (exact) mass is 292 g/mol. The summed E-state index contributed by atoms with van der Waals surface area (Å²) in [5.41, 5.74) is 6.29. The Kier molecular flexibility index (Phi) is 5.03. The van der Waals surface area contributed by atoms with Gasteiger partial charge >= 0.3 is 5.97 Å². The van der Waals surface area contributed by atoms with E-state index >= 15 is 0 Å². The van der Waals surface area contributed by atoms with Gasteiger partial charge in [0.15, 0.2) is 12.4 Å².